The highest BCUT2D eigenvalue weighted by Crippen LogP contribution is 2.19. The van der Waals surface area contributed by atoms with Gasteiger partial charge in [0.15, 0.2) is 0 Å². The zero-order valence-electron chi connectivity index (χ0n) is 10.8. The Kier molecular flexibility index (Phi) is 6.01. The summed E-state index contributed by atoms with van der Waals surface area (Å²) in [5, 5.41) is 17.8. The molecule has 3 nitrogen and oxygen atoms in total. The molecule has 1 aromatic rings. The number of nitrogens with zero attached hydrogens (tertiary/aromatic N) is 1. The average Bonchev–Trinajstić information content (AvgIpc) is 2.28. The molecule has 17 heavy (non-hydrogen) atoms. The monoisotopic (exact) mass is 237 g/mol. The largest absolute Gasteiger partial charge is 0.396 e. The van der Waals surface area contributed by atoms with Crippen molar-refractivity contribution in [2.45, 2.75) is 26.7 Å². The SMILES string of the molecule is Cc1cc(C)cc(N(CCCO)CCCO)c1. The lowest BCUT2D eigenvalue weighted by Crippen LogP contribution is -2.27. The summed E-state index contributed by atoms with van der Waals surface area (Å²) in [7, 11) is 0. The topological polar surface area (TPSA) is 43.7 Å². The Balaban J connectivity index is 2.78. The molecule has 0 unspecified atom stereocenters. The predicted octanol–water partition coefficient (Wildman–Crippen LogP) is 1.87. The minimum Gasteiger partial charge on any atom is -0.396 e. The maximum Gasteiger partial charge on any atom is 0.0447 e. The van der Waals surface area contributed by atoms with Crippen LogP contribution in [0.25, 0.3) is 0 Å². The molecule has 0 amide bonds. The summed E-state index contributed by atoms with van der Waals surface area (Å²) in [6, 6.07) is 6.46. The Morgan fingerprint density at radius 2 is 1.35 bits per heavy atom. The number of aliphatic hydroxyl groups is 2. The Hall–Kier alpha value is -1.06. The van der Waals surface area contributed by atoms with Crippen LogP contribution in [0, 0.1) is 13.8 Å². The van der Waals surface area contributed by atoms with Crippen LogP contribution in [-0.2, 0) is 0 Å². The number of hydrogen-bond acceptors (Lipinski definition) is 3. The lowest BCUT2D eigenvalue weighted by Gasteiger charge is -2.25. The van der Waals surface area contributed by atoms with Gasteiger partial charge in [-0.25, -0.2) is 0 Å². The first kappa shape index (κ1) is 14.0. The highest BCUT2D eigenvalue weighted by atomic mass is 16.3. The summed E-state index contributed by atoms with van der Waals surface area (Å²) in [6.45, 7) is 6.26. The van der Waals surface area contributed by atoms with Crippen LogP contribution in [0.15, 0.2) is 18.2 Å². The Labute approximate surface area is 104 Å². The van der Waals surface area contributed by atoms with E-state index in [1.54, 1.807) is 0 Å². The number of aliphatic hydroxyl groups excluding tert-OH is 2. The summed E-state index contributed by atoms with van der Waals surface area (Å²) in [5.74, 6) is 0. The molecular formula is C14H23NO2. The van der Waals surface area contributed by atoms with E-state index >= 15 is 0 Å². The molecule has 96 valence electrons. The molecule has 0 aliphatic carbocycles. The molecule has 0 aliphatic rings. The van der Waals surface area contributed by atoms with E-state index in [9.17, 15) is 0 Å². The van der Waals surface area contributed by atoms with Gasteiger partial charge in [-0.2, -0.15) is 0 Å². The first-order chi connectivity index (χ1) is 8.17. The smallest absolute Gasteiger partial charge is 0.0447 e. The van der Waals surface area contributed by atoms with Crippen molar-refractivity contribution in [1.82, 2.24) is 0 Å². The Morgan fingerprint density at radius 1 is 0.882 bits per heavy atom. The first-order valence-corrected chi connectivity index (χ1v) is 6.22. The lowest BCUT2D eigenvalue weighted by molar-refractivity contribution is 0.282. The van der Waals surface area contributed by atoms with Crippen molar-refractivity contribution in [2.75, 3.05) is 31.2 Å². The highest BCUT2D eigenvalue weighted by Gasteiger charge is 2.06. The number of rotatable bonds is 7. The van der Waals surface area contributed by atoms with Crippen LogP contribution >= 0.6 is 0 Å². The second-order valence-electron chi connectivity index (χ2n) is 4.49. The molecule has 1 rings (SSSR count). The minimum absolute atomic E-state index is 0.209. The van der Waals surface area contributed by atoms with Crippen LogP contribution in [0.1, 0.15) is 24.0 Å². The van der Waals surface area contributed by atoms with Crippen LogP contribution in [-0.4, -0.2) is 36.5 Å². The first-order valence-electron chi connectivity index (χ1n) is 6.22. The van der Waals surface area contributed by atoms with E-state index < -0.39 is 0 Å². The van der Waals surface area contributed by atoms with E-state index in [4.69, 9.17) is 10.2 Å². The van der Waals surface area contributed by atoms with Gasteiger partial charge in [-0.15, -0.1) is 0 Å². The summed E-state index contributed by atoms with van der Waals surface area (Å²) >= 11 is 0. The van der Waals surface area contributed by atoms with E-state index in [0.717, 1.165) is 25.9 Å². The molecular weight excluding hydrogens is 214 g/mol. The van der Waals surface area contributed by atoms with Gasteiger partial charge in [-0.3, -0.25) is 0 Å². The highest BCUT2D eigenvalue weighted by molar-refractivity contribution is 5.50. The van der Waals surface area contributed by atoms with Crippen molar-refractivity contribution in [2.24, 2.45) is 0 Å². The standard InChI is InChI=1S/C14H23NO2/c1-12-9-13(2)11-14(10-12)15(5-3-7-16)6-4-8-17/h9-11,16-17H,3-8H2,1-2H3. The summed E-state index contributed by atoms with van der Waals surface area (Å²) in [4.78, 5) is 2.23. The van der Waals surface area contributed by atoms with Crippen molar-refractivity contribution < 1.29 is 10.2 Å². The summed E-state index contributed by atoms with van der Waals surface area (Å²) < 4.78 is 0. The number of benzene rings is 1. The van der Waals surface area contributed by atoms with Gasteiger partial charge in [-0.1, -0.05) is 6.07 Å². The predicted molar refractivity (Wildman–Crippen MR) is 71.5 cm³/mol. The minimum atomic E-state index is 0.209. The number of aryl methyl sites for hydroxylation is 2. The van der Waals surface area contributed by atoms with Crippen LogP contribution in [0.5, 0.6) is 0 Å². The normalized spacial score (nSPS) is 10.6. The molecule has 0 aliphatic heterocycles. The van der Waals surface area contributed by atoms with Gasteiger partial charge < -0.3 is 15.1 Å². The van der Waals surface area contributed by atoms with Crippen molar-refractivity contribution in [3.63, 3.8) is 0 Å². The van der Waals surface area contributed by atoms with E-state index in [1.807, 2.05) is 0 Å². The van der Waals surface area contributed by atoms with Gasteiger partial charge in [0.05, 0.1) is 0 Å². The fraction of sp³-hybridized carbons (Fsp3) is 0.571. The van der Waals surface area contributed by atoms with Gasteiger partial charge in [0.2, 0.25) is 0 Å². The van der Waals surface area contributed by atoms with Crippen LogP contribution < -0.4 is 4.90 Å². The Bertz CT molecular complexity index is 311. The van der Waals surface area contributed by atoms with E-state index in [1.165, 1.54) is 16.8 Å². The zero-order valence-corrected chi connectivity index (χ0v) is 10.8. The fourth-order valence-electron chi connectivity index (χ4n) is 2.03. The second-order valence-corrected chi connectivity index (χ2v) is 4.49. The quantitative estimate of drug-likeness (QED) is 0.761. The second kappa shape index (κ2) is 7.30. The van der Waals surface area contributed by atoms with Gasteiger partial charge in [0, 0.05) is 32.0 Å². The van der Waals surface area contributed by atoms with E-state index in [2.05, 4.69) is 36.9 Å². The zero-order chi connectivity index (χ0) is 12.7. The van der Waals surface area contributed by atoms with E-state index in [-0.39, 0.29) is 13.2 Å². The van der Waals surface area contributed by atoms with Crippen LogP contribution in [0.4, 0.5) is 5.69 Å². The van der Waals surface area contributed by atoms with Crippen molar-refractivity contribution in [3.8, 4) is 0 Å². The Morgan fingerprint density at radius 3 is 1.76 bits per heavy atom. The third-order valence-corrected chi connectivity index (χ3v) is 2.74. The summed E-state index contributed by atoms with van der Waals surface area (Å²) in [5.41, 5.74) is 3.68. The molecule has 0 bridgehead atoms. The van der Waals surface area contributed by atoms with Gasteiger partial charge >= 0.3 is 0 Å². The molecule has 3 heteroatoms. The average molecular weight is 237 g/mol. The van der Waals surface area contributed by atoms with Gasteiger partial charge in [-0.05, 0) is 49.9 Å². The molecule has 1 aromatic carbocycles. The van der Waals surface area contributed by atoms with Gasteiger partial charge in [0.25, 0.3) is 0 Å². The molecule has 0 fully saturated rings. The molecule has 0 atom stereocenters. The molecule has 0 saturated heterocycles. The lowest BCUT2D eigenvalue weighted by atomic mass is 10.1. The molecule has 0 radical (unpaired) electrons. The summed E-state index contributed by atoms with van der Waals surface area (Å²) in [6.07, 6.45) is 1.52. The van der Waals surface area contributed by atoms with Crippen molar-refractivity contribution >= 4 is 5.69 Å². The number of hydrogen-bond donors (Lipinski definition) is 2. The van der Waals surface area contributed by atoms with Crippen LogP contribution in [0.2, 0.25) is 0 Å². The molecule has 0 heterocycles. The third kappa shape index (κ3) is 4.75. The maximum atomic E-state index is 8.92. The molecule has 2 N–H and O–H groups in total. The fourth-order valence-corrected chi connectivity index (χ4v) is 2.03. The number of anilines is 1. The van der Waals surface area contributed by atoms with E-state index in [0.29, 0.717) is 0 Å². The van der Waals surface area contributed by atoms with Crippen molar-refractivity contribution in [1.29, 1.82) is 0 Å². The van der Waals surface area contributed by atoms with Gasteiger partial charge in [0.1, 0.15) is 0 Å². The van der Waals surface area contributed by atoms with Crippen molar-refractivity contribution in [3.05, 3.63) is 29.3 Å². The maximum absolute atomic E-state index is 8.92. The molecule has 0 saturated carbocycles. The molecule has 0 spiro atoms. The third-order valence-electron chi connectivity index (χ3n) is 2.74. The molecule has 0 aromatic heterocycles. The van der Waals surface area contributed by atoms with Crippen LogP contribution in [0.3, 0.4) is 0 Å².